The van der Waals surface area contributed by atoms with Gasteiger partial charge in [-0.05, 0) is 61.5 Å². The van der Waals surface area contributed by atoms with E-state index in [4.69, 9.17) is 0 Å². The van der Waals surface area contributed by atoms with Gasteiger partial charge < -0.3 is 15.2 Å². The first kappa shape index (κ1) is 22.6. The second kappa shape index (κ2) is 9.58. The summed E-state index contributed by atoms with van der Waals surface area (Å²) in [6.45, 7) is 3.12. The highest BCUT2D eigenvalue weighted by atomic mass is 16.6. The number of anilines is 1. The minimum atomic E-state index is -0.452. The molecule has 0 aliphatic carbocycles. The predicted molar refractivity (Wildman–Crippen MR) is 136 cm³/mol. The third-order valence-electron chi connectivity index (χ3n) is 6.72. The van der Waals surface area contributed by atoms with Crippen LogP contribution in [0.25, 0.3) is 10.9 Å². The summed E-state index contributed by atoms with van der Waals surface area (Å²) >= 11 is 0. The number of nitrogens with one attached hydrogen (secondary N) is 2. The number of nitro groups is 1. The number of nitrogens with zero attached hydrogens (tertiary/aromatic N) is 3. The normalized spacial score (nSPS) is 15.2. The van der Waals surface area contributed by atoms with Crippen LogP contribution in [0.5, 0.6) is 0 Å². The lowest BCUT2D eigenvalue weighted by atomic mass is 9.93. The third kappa shape index (κ3) is 4.73. The summed E-state index contributed by atoms with van der Waals surface area (Å²) in [6, 6.07) is 20.4. The summed E-state index contributed by atoms with van der Waals surface area (Å²) in [7, 11) is 0. The van der Waals surface area contributed by atoms with Crippen molar-refractivity contribution >= 4 is 28.2 Å². The Bertz CT molecular complexity index is 1330. The van der Waals surface area contributed by atoms with Gasteiger partial charge in [-0.3, -0.25) is 19.9 Å². The van der Waals surface area contributed by atoms with Crippen LogP contribution in [-0.4, -0.2) is 38.8 Å². The van der Waals surface area contributed by atoms with Crippen LogP contribution >= 0.6 is 0 Å². The van der Waals surface area contributed by atoms with E-state index in [1.807, 2.05) is 37.3 Å². The zero-order valence-corrected chi connectivity index (χ0v) is 19.5. The smallest absolute Gasteiger partial charge is 0.293 e. The highest BCUT2D eigenvalue weighted by molar-refractivity contribution is 5.96. The fourth-order valence-electron chi connectivity index (χ4n) is 4.77. The average Bonchev–Trinajstić information content (AvgIpc) is 3.33. The van der Waals surface area contributed by atoms with Crippen molar-refractivity contribution in [2.45, 2.75) is 31.7 Å². The maximum atomic E-state index is 13.2. The predicted octanol–water partition coefficient (Wildman–Crippen LogP) is 5.66. The molecule has 8 nitrogen and oxygen atoms in total. The van der Waals surface area contributed by atoms with Gasteiger partial charge in [-0.2, -0.15) is 0 Å². The lowest BCUT2D eigenvalue weighted by Gasteiger charge is -2.31. The van der Waals surface area contributed by atoms with E-state index in [1.165, 1.54) is 17.1 Å². The molecule has 1 fully saturated rings. The van der Waals surface area contributed by atoms with E-state index < -0.39 is 4.92 Å². The first-order valence-corrected chi connectivity index (χ1v) is 11.8. The Labute approximate surface area is 203 Å². The van der Waals surface area contributed by atoms with Crippen molar-refractivity contribution in [3.8, 4) is 0 Å². The molecule has 2 aromatic heterocycles. The van der Waals surface area contributed by atoms with Gasteiger partial charge in [-0.25, -0.2) is 0 Å². The minimum absolute atomic E-state index is 0.119. The van der Waals surface area contributed by atoms with Crippen molar-refractivity contribution < 1.29 is 9.72 Å². The van der Waals surface area contributed by atoms with E-state index in [2.05, 4.69) is 33.5 Å². The Hall–Kier alpha value is -4.20. The number of piperidine rings is 1. The van der Waals surface area contributed by atoms with Gasteiger partial charge in [0, 0.05) is 48.0 Å². The molecule has 1 saturated heterocycles. The van der Waals surface area contributed by atoms with Crippen LogP contribution in [0, 0.1) is 10.1 Å². The summed E-state index contributed by atoms with van der Waals surface area (Å²) in [4.78, 5) is 34.1. The summed E-state index contributed by atoms with van der Waals surface area (Å²) in [6.07, 6.45) is 3.38. The van der Waals surface area contributed by atoms with Crippen LogP contribution in [0.4, 0.5) is 11.4 Å². The number of nitro benzene ring substituents is 1. The highest BCUT2D eigenvalue weighted by Gasteiger charge is 2.27. The van der Waals surface area contributed by atoms with Crippen molar-refractivity contribution in [1.82, 2.24) is 14.9 Å². The maximum Gasteiger partial charge on any atom is 0.293 e. The number of benzene rings is 2. The van der Waals surface area contributed by atoms with Gasteiger partial charge in [-0.1, -0.05) is 24.3 Å². The van der Waals surface area contributed by atoms with Crippen LogP contribution in [0.3, 0.4) is 0 Å². The fourth-order valence-corrected chi connectivity index (χ4v) is 4.77. The van der Waals surface area contributed by atoms with Crippen molar-refractivity contribution in [1.29, 1.82) is 0 Å². The Balaban J connectivity index is 1.27. The first-order valence-electron chi connectivity index (χ1n) is 11.8. The number of pyridine rings is 1. The van der Waals surface area contributed by atoms with Gasteiger partial charge in [0.15, 0.2) is 0 Å². The van der Waals surface area contributed by atoms with Crippen molar-refractivity contribution in [2.24, 2.45) is 0 Å². The molecule has 1 unspecified atom stereocenters. The number of fused-ring (bicyclic) bond motifs is 1. The van der Waals surface area contributed by atoms with E-state index in [0.29, 0.717) is 30.3 Å². The molecule has 0 saturated carbocycles. The van der Waals surface area contributed by atoms with E-state index >= 15 is 0 Å². The molecule has 0 bridgehead atoms. The largest absolute Gasteiger partial charge is 0.371 e. The van der Waals surface area contributed by atoms with Gasteiger partial charge in [0.05, 0.1) is 16.7 Å². The molecule has 1 aliphatic heterocycles. The summed E-state index contributed by atoms with van der Waals surface area (Å²) < 4.78 is 0. The molecule has 5 rings (SSSR count). The number of H-pyrrole nitrogens is 1. The molecule has 178 valence electrons. The van der Waals surface area contributed by atoms with Crippen LogP contribution in [0.2, 0.25) is 0 Å². The molecule has 1 amide bonds. The summed E-state index contributed by atoms with van der Waals surface area (Å²) in [5.74, 6) is 0.188. The lowest BCUT2D eigenvalue weighted by Crippen LogP contribution is -2.38. The number of aromatic nitrogens is 2. The number of likely N-dealkylation sites (tertiary alicyclic amines) is 1. The number of aromatic amines is 1. The molecule has 35 heavy (non-hydrogen) atoms. The van der Waals surface area contributed by atoms with Gasteiger partial charge in [0.1, 0.15) is 5.69 Å². The average molecular weight is 470 g/mol. The van der Waals surface area contributed by atoms with E-state index in [9.17, 15) is 14.9 Å². The van der Waals surface area contributed by atoms with E-state index in [0.717, 1.165) is 24.1 Å². The zero-order valence-electron chi connectivity index (χ0n) is 19.5. The maximum absolute atomic E-state index is 13.2. The van der Waals surface area contributed by atoms with Crippen molar-refractivity contribution in [3.63, 3.8) is 0 Å². The Kier molecular flexibility index (Phi) is 6.18. The molecule has 2 aromatic carbocycles. The second-order valence-electron chi connectivity index (χ2n) is 8.99. The SMILES string of the molecule is CC(Nc1ccc(C(=O)N2CCC(c3cc4ccccc4[nH]3)CC2)cc1[N+](=O)[O-])c1ccccn1. The molecule has 1 aliphatic rings. The number of para-hydroxylation sites is 1. The topological polar surface area (TPSA) is 104 Å². The molecule has 0 spiro atoms. The molecular formula is C27H27N5O3. The molecule has 8 heteroatoms. The van der Waals surface area contributed by atoms with Crippen LogP contribution in [0.15, 0.2) is 72.9 Å². The standard InChI is InChI=1S/C27H27N5O3/c1-18(22-7-4-5-13-28-22)29-24-10-9-21(17-26(24)32(34)35)27(33)31-14-11-19(12-15-31)25-16-20-6-2-3-8-23(20)30-25/h2-10,13,16-19,29-30H,11-12,14-15H2,1H3. The number of hydrogen-bond acceptors (Lipinski definition) is 5. The molecule has 3 heterocycles. The lowest BCUT2D eigenvalue weighted by molar-refractivity contribution is -0.384. The number of hydrogen-bond donors (Lipinski definition) is 2. The second-order valence-corrected chi connectivity index (χ2v) is 8.99. The Morgan fingerprint density at radius 3 is 2.60 bits per heavy atom. The third-order valence-corrected chi connectivity index (χ3v) is 6.72. The quantitative estimate of drug-likeness (QED) is 0.280. The van der Waals surface area contributed by atoms with Crippen LogP contribution in [-0.2, 0) is 0 Å². The molecule has 0 radical (unpaired) electrons. The van der Waals surface area contributed by atoms with Gasteiger partial charge in [0.25, 0.3) is 11.6 Å². The van der Waals surface area contributed by atoms with E-state index in [1.54, 1.807) is 23.2 Å². The van der Waals surface area contributed by atoms with Gasteiger partial charge >= 0.3 is 0 Å². The van der Waals surface area contributed by atoms with Crippen LogP contribution in [0.1, 0.15) is 53.5 Å². The highest BCUT2D eigenvalue weighted by Crippen LogP contribution is 2.32. The molecule has 2 N–H and O–H groups in total. The number of carbonyl (C=O) groups excluding carboxylic acids is 1. The fraction of sp³-hybridized carbons (Fsp3) is 0.259. The van der Waals surface area contributed by atoms with Crippen LogP contribution < -0.4 is 5.32 Å². The molecular weight excluding hydrogens is 442 g/mol. The van der Waals surface area contributed by atoms with Gasteiger partial charge in [0.2, 0.25) is 0 Å². The molecule has 4 aromatic rings. The monoisotopic (exact) mass is 469 g/mol. The van der Waals surface area contributed by atoms with Crippen molar-refractivity contribution in [3.05, 3.63) is 100.0 Å². The Morgan fingerprint density at radius 1 is 1.11 bits per heavy atom. The number of amides is 1. The minimum Gasteiger partial charge on any atom is -0.371 e. The van der Waals surface area contributed by atoms with E-state index in [-0.39, 0.29) is 17.6 Å². The Morgan fingerprint density at radius 2 is 1.89 bits per heavy atom. The van der Waals surface area contributed by atoms with Gasteiger partial charge in [-0.15, -0.1) is 0 Å². The number of rotatable bonds is 6. The first-order chi connectivity index (χ1) is 17.0. The summed E-state index contributed by atoms with van der Waals surface area (Å²) in [5.41, 5.74) is 3.68. The van der Waals surface area contributed by atoms with Crippen molar-refractivity contribution in [2.75, 3.05) is 18.4 Å². The zero-order chi connectivity index (χ0) is 24.4. The number of carbonyl (C=O) groups is 1. The summed E-state index contributed by atoms with van der Waals surface area (Å²) in [5, 5.41) is 16.1. The molecule has 1 atom stereocenters.